The first-order valence-electron chi connectivity index (χ1n) is 7.86. The molecule has 2 aromatic heterocycles. The molecular formula is C18H18N4O2S2. The summed E-state index contributed by atoms with van der Waals surface area (Å²) in [5.41, 5.74) is 3.03. The van der Waals surface area contributed by atoms with Crippen molar-refractivity contribution in [1.82, 2.24) is 4.98 Å². The Morgan fingerprint density at radius 1 is 1.08 bits per heavy atom. The first-order valence-corrected chi connectivity index (χ1v) is 9.69. The molecule has 0 atom stereocenters. The molecule has 1 aromatic carbocycles. The van der Waals surface area contributed by atoms with E-state index in [4.69, 9.17) is 0 Å². The third kappa shape index (κ3) is 4.68. The fourth-order valence-electron chi connectivity index (χ4n) is 2.22. The van der Waals surface area contributed by atoms with Crippen molar-refractivity contribution in [2.75, 3.05) is 29.6 Å². The largest absolute Gasteiger partial charge is 0.378 e. The number of carbonyl (C=O) groups excluding carboxylic acids is 2. The van der Waals surface area contributed by atoms with Gasteiger partial charge in [-0.15, -0.1) is 11.3 Å². The van der Waals surface area contributed by atoms with Crippen LogP contribution in [0.4, 0.5) is 16.5 Å². The molecule has 0 saturated carbocycles. The van der Waals surface area contributed by atoms with Gasteiger partial charge in [-0.05, 0) is 35.7 Å². The van der Waals surface area contributed by atoms with Gasteiger partial charge in [0, 0.05) is 36.2 Å². The molecule has 134 valence electrons. The van der Waals surface area contributed by atoms with Crippen molar-refractivity contribution in [3.63, 3.8) is 0 Å². The average molecular weight is 387 g/mol. The summed E-state index contributed by atoms with van der Waals surface area (Å²) in [6, 6.07) is 9.36. The molecule has 0 saturated heterocycles. The number of hydrogen-bond donors (Lipinski definition) is 2. The lowest BCUT2D eigenvalue weighted by molar-refractivity contribution is -0.115. The number of nitrogens with one attached hydrogen (secondary N) is 2. The zero-order valence-electron chi connectivity index (χ0n) is 14.4. The summed E-state index contributed by atoms with van der Waals surface area (Å²) >= 11 is 2.77. The van der Waals surface area contributed by atoms with Gasteiger partial charge in [-0.3, -0.25) is 14.9 Å². The van der Waals surface area contributed by atoms with Gasteiger partial charge >= 0.3 is 0 Å². The van der Waals surface area contributed by atoms with Gasteiger partial charge in [0.15, 0.2) is 5.13 Å². The van der Waals surface area contributed by atoms with Gasteiger partial charge in [0.25, 0.3) is 5.91 Å². The Balaban J connectivity index is 1.55. The molecule has 26 heavy (non-hydrogen) atoms. The summed E-state index contributed by atoms with van der Waals surface area (Å²) in [7, 11) is 3.93. The second kappa shape index (κ2) is 8.11. The van der Waals surface area contributed by atoms with Gasteiger partial charge in [-0.2, -0.15) is 11.3 Å². The molecule has 0 unspecified atom stereocenters. The maximum absolute atomic E-state index is 12.2. The molecule has 0 aliphatic heterocycles. The molecule has 0 spiro atoms. The summed E-state index contributed by atoms with van der Waals surface area (Å²) in [6.45, 7) is 0. The number of aromatic nitrogens is 1. The summed E-state index contributed by atoms with van der Waals surface area (Å²) < 4.78 is 0. The van der Waals surface area contributed by atoms with Crippen molar-refractivity contribution < 1.29 is 9.59 Å². The van der Waals surface area contributed by atoms with E-state index in [2.05, 4.69) is 15.6 Å². The minimum Gasteiger partial charge on any atom is -0.378 e. The molecule has 0 fully saturated rings. The van der Waals surface area contributed by atoms with Crippen LogP contribution in [0.5, 0.6) is 0 Å². The molecule has 6 nitrogen and oxygen atoms in total. The van der Waals surface area contributed by atoms with Gasteiger partial charge < -0.3 is 10.2 Å². The van der Waals surface area contributed by atoms with Crippen molar-refractivity contribution in [1.29, 1.82) is 0 Å². The van der Waals surface area contributed by atoms with Crippen LogP contribution in [-0.2, 0) is 11.2 Å². The quantitative estimate of drug-likeness (QED) is 0.677. The monoisotopic (exact) mass is 386 g/mol. The van der Waals surface area contributed by atoms with E-state index in [0.717, 1.165) is 11.4 Å². The molecule has 0 radical (unpaired) electrons. The first kappa shape index (κ1) is 18.1. The Hall–Kier alpha value is -2.71. The van der Waals surface area contributed by atoms with Crippen LogP contribution in [0.1, 0.15) is 16.1 Å². The Morgan fingerprint density at radius 3 is 2.50 bits per heavy atom. The highest BCUT2D eigenvalue weighted by Gasteiger charge is 2.11. The smallest absolute Gasteiger partial charge is 0.258 e. The first-order chi connectivity index (χ1) is 12.5. The lowest BCUT2D eigenvalue weighted by atomic mass is 10.2. The molecule has 0 bridgehead atoms. The fourth-order valence-corrected chi connectivity index (χ4v) is 3.56. The number of thiophene rings is 1. The molecule has 8 heteroatoms. The van der Waals surface area contributed by atoms with Gasteiger partial charge in [0.1, 0.15) is 0 Å². The standard InChI is InChI=1S/C18H18N4O2S2/c1-22(2)15-5-3-13(4-6-15)19-16(23)9-14-11-26-18(20-14)21-17(24)12-7-8-25-10-12/h3-8,10-11H,9H2,1-2H3,(H,19,23)(H,20,21,24). The highest BCUT2D eigenvalue weighted by atomic mass is 32.1. The van der Waals surface area contributed by atoms with Crippen LogP contribution in [0.15, 0.2) is 46.5 Å². The summed E-state index contributed by atoms with van der Waals surface area (Å²) in [5.74, 6) is -0.346. The van der Waals surface area contributed by atoms with Gasteiger partial charge in [0.2, 0.25) is 5.91 Å². The van der Waals surface area contributed by atoms with E-state index in [9.17, 15) is 9.59 Å². The van der Waals surface area contributed by atoms with E-state index >= 15 is 0 Å². The molecular weight excluding hydrogens is 368 g/mol. The number of benzene rings is 1. The molecule has 2 N–H and O–H groups in total. The molecule has 2 amide bonds. The lowest BCUT2D eigenvalue weighted by Gasteiger charge is -2.12. The normalized spacial score (nSPS) is 10.4. The number of anilines is 3. The lowest BCUT2D eigenvalue weighted by Crippen LogP contribution is -2.15. The fraction of sp³-hybridized carbons (Fsp3) is 0.167. The number of carbonyl (C=O) groups is 2. The Morgan fingerprint density at radius 2 is 1.85 bits per heavy atom. The Labute approximate surface area is 159 Å². The number of nitrogens with zero attached hydrogens (tertiary/aromatic N) is 2. The number of hydrogen-bond acceptors (Lipinski definition) is 6. The van der Waals surface area contributed by atoms with Crippen LogP contribution < -0.4 is 15.5 Å². The molecule has 0 aliphatic rings. The van der Waals surface area contributed by atoms with E-state index in [0.29, 0.717) is 16.4 Å². The number of rotatable bonds is 6. The third-order valence-electron chi connectivity index (χ3n) is 3.56. The minimum atomic E-state index is -0.197. The zero-order chi connectivity index (χ0) is 18.5. The SMILES string of the molecule is CN(C)c1ccc(NC(=O)Cc2csc(NC(=O)c3ccsc3)n2)cc1. The van der Waals surface area contributed by atoms with E-state index in [-0.39, 0.29) is 18.2 Å². The highest BCUT2D eigenvalue weighted by molar-refractivity contribution is 7.14. The molecule has 0 aliphatic carbocycles. The maximum atomic E-state index is 12.2. The molecule has 3 rings (SSSR count). The Kier molecular flexibility index (Phi) is 5.65. The van der Waals surface area contributed by atoms with E-state index in [1.807, 2.05) is 48.6 Å². The summed E-state index contributed by atoms with van der Waals surface area (Å²) in [4.78, 5) is 30.5. The van der Waals surface area contributed by atoms with Crippen molar-refractivity contribution >= 4 is 51.0 Å². The van der Waals surface area contributed by atoms with Crippen LogP contribution >= 0.6 is 22.7 Å². The van der Waals surface area contributed by atoms with Crippen LogP contribution in [0, 0.1) is 0 Å². The zero-order valence-corrected chi connectivity index (χ0v) is 16.0. The van der Waals surface area contributed by atoms with E-state index in [1.54, 1.807) is 16.8 Å². The van der Waals surface area contributed by atoms with Gasteiger partial charge in [-0.1, -0.05) is 0 Å². The topological polar surface area (TPSA) is 74.3 Å². The Bertz CT molecular complexity index is 886. The van der Waals surface area contributed by atoms with Crippen molar-refractivity contribution in [3.8, 4) is 0 Å². The van der Waals surface area contributed by atoms with Crippen LogP contribution in [-0.4, -0.2) is 30.9 Å². The molecule has 2 heterocycles. The average Bonchev–Trinajstić information content (AvgIpc) is 3.27. The molecule has 3 aromatic rings. The van der Waals surface area contributed by atoms with Crippen LogP contribution in [0.3, 0.4) is 0 Å². The number of thiazole rings is 1. The maximum Gasteiger partial charge on any atom is 0.258 e. The predicted molar refractivity (Wildman–Crippen MR) is 107 cm³/mol. The summed E-state index contributed by atoms with van der Waals surface area (Å²) in [5, 5.41) is 11.5. The van der Waals surface area contributed by atoms with Gasteiger partial charge in [-0.25, -0.2) is 4.98 Å². The number of amides is 2. The third-order valence-corrected chi connectivity index (χ3v) is 5.05. The van der Waals surface area contributed by atoms with Crippen LogP contribution in [0.25, 0.3) is 0 Å². The van der Waals surface area contributed by atoms with E-state index in [1.165, 1.54) is 22.7 Å². The second-order valence-electron chi connectivity index (χ2n) is 5.78. The highest BCUT2D eigenvalue weighted by Crippen LogP contribution is 2.19. The van der Waals surface area contributed by atoms with Crippen molar-refractivity contribution in [2.45, 2.75) is 6.42 Å². The second-order valence-corrected chi connectivity index (χ2v) is 7.41. The van der Waals surface area contributed by atoms with E-state index < -0.39 is 0 Å². The summed E-state index contributed by atoms with van der Waals surface area (Å²) in [6.07, 6.45) is 0.153. The van der Waals surface area contributed by atoms with Crippen molar-refractivity contribution in [3.05, 3.63) is 57.7 Å². The van der Waals surface area contributed by atoms with Crippen LogP contribution in [0.2, 0.25) is 0 Å². The minimum absolute atomic E-state index is 0.149. The predicted octanol–water partition coefficient (Wildman–Crippen LogP) is 3.70. The van der Waals surface area contributed by atoms with Crippen molar-refractivity contribution in [2.24, 2.45) is 0 Å². The van der Waals surface area contributed by atoms with Gasteiger partial charge in [0.05, 0.1) is 17.7 Å².